The van der Waals surface area contributed by atoms with E-state index in [4.69, 9.17) is 4.74 Å². The van der Waals surface area contributed by atoms with Crippen molar-refractivity contribution in [2.24, 2.45) is 5.92 Å². The molecule has 2 aliphatic heterocycles. The van der Waals surface area contributed by atoms with Crippen LogP contribution in [0, 0.1) is 11.7 Å². The maximum absolute atomic E-state index is 13.2. The lowest BCUT2D eigenvalue weighted by molar-refractivity contribution is -0.137. The first-order valence-corrected chi connectivity index (χ1v) is 12.3. The fourth-order valence-corrected chi connectivity index (χ4v) is 5.88. The van der Waals surface area contributed by atoms with Gasteiger partial charge >= 0.3 is 0 Å². The molecule has 2 aliphatic rings. The highest BCUT2D eigenvalue weighted by Gasteiger charge is 2.35. The number of carbonyl (C=O) groups is 1. The molecule has 0 unspecified atom stereocenters. The van der Waals surface area contributed by atoms with Crippen LogP contribution in [0.4, 0.5) is 10.1 Å². The molecule has 0 N–H and O–H groups in total. The highest BCUT2D eigenvalue weighted by Crippen LogP contribution is 2.26. The summed E-state index contributed by atoms with van der Waals surface area (Å²) in [4.78, 5) is 17.3. The summed E-state index contributed by atoms with van der Waals surface area (Å²) < 4.78 is 45.7. The van der Waals surface area contributed by atoms with Gasteiger partial charge in [-0.15, -0.1) is 0 Å². The first-order chi connectivity index (χ1) is 15.4. The van der Waals surface area contributed by atoms with Crippen LogP contribution in [-0.4, -0.2) is 69.9 Å². The molecule has 172 valence electrons. The van der Waals surface area contributed by atoms with Crippen LogP contribution in [-0.2, 0) is 14.8 Å². The van der Waals surface area contributed by atoms with E-state index in [-0.39, 0.29) is 23.3 Å². The minimum Gasteiger partial charge on any atom is -0.497 e. The number of hydrogen-bond donors (Lipinski definition) is 0. The molecular formula is C23H28FN3O4S. The summed E-state index contributed by atoms with van der Waals surface area (Å²) in [7, 11) is -2.11. The third-order valence-electron chi connectivity index (χ3n) is 6.21. The van der Waals surface area contributed by atoms with Crippen LogP contribution in [0.25, 0.3) is 0 Å². The number of nitrogens with zero attached hydrogens (tertiary/aromatic N) is 3. The molecule has 2 aromatic rings. The van der Waals surface area contributed by atoms with Crippen molar-refractivity contribution in [3.05, 3.63) is 54.3 Å². The summed E-state index contributed by atoms with van der Waals surface area (Å²) in [5, 5.41) is 0. The predicted molar refractivity (Wildman–Crippen MR) is 120 cm³/mol. The lowest BCUT2D eigenvalue weighted by atomic mass is 9.97. The highest BCUT2D eigenvalue weighted by molar-refractivity contribution is 7.89. The van der Waals surface area contributed by atoms with Gasteiger partial charge in [0, 0.05) is 45.0 Å². The van der Waals surface area contributed by atoms with E-state index in [1.807, 2.05) is 29.2 Å². The number of methoxy groups -OCH3 is 1. The Kier molecular flexibility index (Phi) is 6.66. The van der Waals surface area contributed by atoms with E-state index in [1.54, 1.807) is 7.11 Å². The van der Waals surface area contributed by atoms with Crippen LogP contribution >= 0.6 is 0 Å². The maximum atomic E-state index is 13.2. The quantitative estimate of drug-likeness (QED) is 0.685. The van der Waals surface area contributed by atoms with Crippen LogP contribution in [0.15, 0.2) is 53.4 Å². The number of piperazine rings is 1. The number of sulfonamides is 1. The van der Waals surface area contributed by atoms with Crippen LogP contribution < -0.4 is 9.64 Å². The summed E-state index contributed by atoms with van der Waals surface area (Å²) in [6.45, 7) is 3.19. The average Bonchev–Trinajstić information content (AvgIpc) is 2.84. The molecule has 1 amide bonds. The Hall–Kier alpha value is -2.65. The SMILES string of the molecule is COc1ccc(N2CCN(C(=O)[C@H]3CCCN(S(=O)(=O)c4ccc(F)cc4)C3)CC2)cc1. The molecule has 2 heterocycles. The molecule has 1 atom stereocenters. The van der Waals surface area contributed by atoms with E-state index in [1.165, 1.54) is 16.4 Å². The zero-order chi connectivity index (χ0) is 22.7. The second-order valence-corrected chi connectivity index (χ2v) is 10.1. The summed E-state index contributed by atoms with van der Waals surface area (Å²) in [6.07, 6.45) is 1.30. The van der Waals surface area contributed by atoms with Crippen molar-refractivity contribution < 1.29 is 22.3 Å². The van der Waals surface area contributed by atoms with E-state index in [0.29, 0.717) is 32.5 Å². The van der Waals surface area contributed by atoms with Gasteiger partial charge in [0.2, 0.25) is 15.9 Å². The van der Waals surface area contributed by atoms with Crippen LogP contribution in [0.2, 0.25) is 0 Å². The predicted octanol–water partition coefficient (Wildman–Crippen LogP) is 2.58. The van der Waals surface area contributed by atoms with Crippen molar-refractivity contribution in [3.8, 4) is 5.75 Å². The van der Waals surface area contributed by atoms with E-state index in [9.17, 15) is 17.6 Å². The Morgan fingerprint density at radius 2 is 1.62 bits per heavy atom. The van der Waals surface area contributed by atoms with Gasteiger partial charge in [0.25, 0.3) is 0 Å². The number of halogens is 1. The van der Waals surface area contributed by atoms with Gasteiger partial charge in [0.05, 0.1) is 17.9 Å². The second kappa shape index (κ2) is 9.46. The second-order valence-electron chi connectivity index (χ2n) is 8.17. The monoisotopic (exact) mass is 461 g/mol. The number of rotatable bonds is 5. The third-order valence-corrected chi connectivity index (χ3v) is 8.09. The first kappa shape index (κ1) is 22.5. The lowest BCUT2D eigenvalue weighted by Gasteiger charge is -2.39. The van der Waals surface area contributed by atoms with Gasteiger partial charge in [0.1, 0.15) is 11.6 Å². The van der Waals surface area contributed by atoms with Gasteiger partial charge in [-0.25, -0.2) is 12.8 Å². The molecule has 2 fully saturated rings. The summed E-state index contributed by atoms with van der Waals surface area (Å²) in [6, 6.07) is 12.7. The lowest BCUT2D eigenvalue weighted by Crippen LogP contribution is -2.53. The maximum Gasteiger partial charge on any atom is 0.243 e. The summed E-state index contributed by atoms with van der Waals surface area (Å²) in [5.41, 5.74) is 1.09. The molecule has 0 aliphatic carbocycles. The van der Waals surface area contributed by atoms with Gasteiger partial charge in [0.15, 0.2) is 0 Å². The molecule has 0 radical (unpaired) electrons. The number of anilines is 1. The van der Waals surface area contributed by atoms with E-state index in [2.05, 4.69) is 4.90 Å². The summed E-state index contributed by atoms with van der Waals surface area (Å²) >= 11 is 0. The average molecular weight is 462 g/mol. The van der Waals surface area contributed by atoms with Gasteiger partial charge in [-0.3, -0.25) is 4.79 Å². The zero-order valence-corrected chi connectivity index (χ0v) is 18.9. The minimum atomic E-state index is -3.75. The third kappa shape index (κ3) is 4.73. The Morgan fingerprint density at radius 3 is 2.25 bits per heavy atom. The number of amides is 1. The van der Waals surface area contributed by atoms with Crippen molar-refractivity contribution in [2.45, 2.75) is 17.7 Å². The Balaban J connectivity index is 1.36. The Morgan fingerprint density at radius 1 is 0.969 bits per heavy atom. The van der Waals surface area contributed by atoms with Crippen molar-refractivity contribution in [2.75, 3.05) is 51.3 Å². The van der Waals surface area contributed by atoms with Crippen LogP contribution in [0.3, 0.4) is 0 Å². The van der Waals surface area contributed by atoms with Crippen LogP contribution in [0.1, 0.15) is 12.8 Å². The molecule has 2 aromatic carbocycles. The van der Waals surface area contributed by atoms with Crippen LogP contribution in [0.5, 0.6) is 5.75 Å². The molecular weight excluding hydrogens is 433 g/mol. The number of carbonyl (C=O) groups excluding carboxylic acids is 1. The number of ether oxygens (including phenoxy) is 1. The smallest absolute Gasteiger partial charge is 0.243 e. The molecule has 0 aromatic heterocycles. The standard InChI is InChI=1S/C23H28FN3O4S/c1-31-21-8-6-20(7-9-21)25-13-15-26(16-14-25)23(28)18-3-2-12-27(17-18)32(29,30)22-10-4-19(24)5-11-22/h4-11,18H,2-3,12-17H2,1H3/t18-/m0/s1. The van der Waals surface area contributed by atoms with Gasteiger partial charge < -0.3 is 14.5 Å². The Labute approximate surface area is 188 Å². The topological polar surface area (TPSA) is 70.2 Å². The molecule has 0 spiro atoms. The number of hydrogen-bond acceptors (Lipinski definition) is 5. The highest BCUT2D eigenvalue weighted by atomic mass is 32.2. The molecule has 2 saturated heterocycles. The van der Waals surface area contributed by atoms with Gasteiger partial charge in [-0.2, -0.15) is 4.31 Å². The van der Waals surface area contributed by atoms with Gasteiger partial charge in [-0.1, -0.05) is 0 Å². The van der Waals surface area contributed by atoms with Crippen molar-refractivity contribution in [1.82, 2.24) is 9.21 Å². The van der Waals surface area contributed by atoms with Crippen molar-refractivity contribution in [1.29, 1.82) is 0 Å². The fourth-order valence-electron chi connectivity index (χ4n) is 4.35. The van der Waals surface area contributed by atoms with E-state index in [0.717, 1.165) is 36.7 Å². The molecule has 0 bridgehead atoms. The fraction of sp³-hybridized carbons (Fsp3) is 0.435. The Bertz CT molecular complexity index is 1040. The molecule has 9 heteroatoms. The first-order valence-electron chi connectivity index (χ1n) is 10.8. The number of benzene rings is 2. The zero-order valence-electron chi connectivity index (χ0n) is 18.1. The number of piperidine rings is 1. The largest absolute Gasteiger partial charge is 0.497 e. The van der Waals surface area contributed by atoms with E-state index >= 15 is 0 Å². The normalized spacial score (nSPS) is 20.2. The molecule has 0 saturated carbocycles. The van der Waals surface area contributed by atoms with Crippen molar-refractivity contribution >= 4 is 21.6 Å². The minimum absolute atomic E-state index is 0.0124. The van der Waals surface area contributed by atoms with Crippen molar-refractivity contribution in [3.63, 3.8) is 0 Å². The molecule has 32 heavy (non-hydrogen) atoms. The summed E-state index contributed by atoms with van der Waals surface area (Å²) in [5.74, 6) is -0.0191. The van der Waals surface area contributed by atoms with E-state index < -0.39 is 15.8 Å². The van der Waals surface area contributed by atoms with Gasteiger partial charge in [-0.05, 0) is 61.4 Å². The molecule has 7 nitrogen and oxygen atoms in total. The molecule has 4 rings (SSSR count).